The topological polar surface area (TPSA) is 12.0 Å². The highest BCUT2D eigenvalue weighted by molar-refractivity contribution is 9.11. The van der Waals surface area contributed by atoms with E-state index < -0.39 is 0 Å². The lowest BCUT2D eigenvalue weighted by molar-refractivity contribution is 0.563. The van der Waals surface area contributed by atoms with Gasteiger partial charge in [-0.2, -0.15) is 0 Å². The van der Waals surface area contributed by atoms with Crippen molar-refractivity contribution in [2.45, 2.75) is 25.7 Å². The molecule has 1 nitrogen and oxygen atoms in total. The van der Waals surface area contributed by atoms with Crippen molar-refractivity contribution < 1.29 is 0 Å². The molecule has 1 aromatic heterocycles. The predicted octanol–water partition coefficient (Wildman–Crippen LogP) is 4.84. The van der Waals surface area contributed by atoms with Crippen molar-refractivity contribution in [3.8, 4) is 0 Å². The van der Waals surface area contributed by atoms with Gasteiger partial charge in [-0.05, 0) is 58.9 Å². The molecule has 0 spiro atoms. The Labute approximate surface area is 128 Å². The summed E-state index contributed by atoms with van der Waals surface area (Å²) < 4.78 is 1.23. The van der Waals surface area contributed by atoms with Crippen molar-refractivity contribution in [2.24, 2.45) is 0 Å². The zero-order chi connectivity index (χ0) is 13.5. The van der Waals surface area contributed by atoms with Gasteiger partial charge in [0.1, 0.15) is 0 Å². The summed E-state index contributed by atoms with van der Waals surface area (Å²) in [7, 11) is 0. The van der Waals surface area contributed by atoms with Crippen LogP contribution in [-0.2, 0) is 6.42 Å². The Morgan fingerprint density at radius 1 is 1.16 bits per heavy atom. The fourth-order valence-corrected chi connectivity index (χ4v) is 3.73. The van der Waals surface area contributed by atoms with Crippen LogP contribution in [0.3, 0.4) is 0 Å². The van der Waals surface area contributed by atoms with Gasteiger partial charge in [-0.3, -0.25) is 0 Å². The Morgan fingerprint density at radius 3 is 2.58 bits per heavy atom. The van der Waals surface area contributed by atoms with Crippen molar-refractivity contribution in [2.75, 3.05) is 13.1 Å². The second-order valence-corrected chi connectivity index (χ2v) is 7.21. The van der Waals surface area contributed by atoms with Crippen LogP contribution in [0.1, 0.15) is 29.7 Å². The molecule has 0 saturated heterocycles. The summed E-state index contributed by atoms with van der Waals surface area (Å²) >= 11 is 5.38. The van der Waals surface area contributed by atoms with Crippen molar-refractivity contribution in [3.05, 3.63) is 56.7 Å². The molecular formula is C16H20BrNS. The van der Waals surface area contributed by atoms with Gasteiger partial charge < -0.3 is 5.32 Å². The number of hydrogen-bond donors (Lipinski definition) is 1. The van der Waals surface area contributed by atoms with Gasteiger partial charge in [0, 0.05) is 11.4 Å². The van der Waals surface area contributed by atoms with Crippen LogP contribution in [0.5, 0.6) is 0 Å². The van der Waals surface area contributed by atoms with Gasteiger partial charge in [-0.15, -0.1) is 11.3 Å². The lowest BCUT2D eigenvalue weighted by atomic mass is 9.94. The van der Waals surface area contributed by atoms with Crippen LogP contribution in [0.2, 0.25) is 0 Å². The first kappa shape index (κ1) is 14.8. The lowest BCUT2D eigenvalue weighted by Crippen LogP contribution is -2.21. The Bertz CT molecular complexity index is 481. The third-order valence-electron chi connectivity index (χ3n) is 3.28. The normalized spacial score (nSPS) is 12.5. The average molecular weight is 338 g/mol. The number of thiophene rings is 1. The van der Waals surface area contributed by atoms with E-state index in [2.05, 4.69) is 70.6 Å². The van der Waals surface area contributed by atoms with Gasteiger partial charge in [-0.25, -0.2) is 0 Å². The molecule has 0 aliphatic carbocycles. The quantitative estimate of drug-likeness (QED) is 0.762. The molecule has 2 aromatic rings. The molecule has 3 heteroatoms. The second-order valence-electron chi connectivity index (χ2n) is 4.66. The minimum absolute atomic E-state index is 0.599. The monoisotopic (exact) mass is 337 g/mol. The maximum Gasteiger partial charge on any atom is 0.0701 e. The molecule has 102 valence electrons. The SMILES string of the molecule is CCNCC(CCc1ccc(Br)s1)c1ccccc1. The van der Waals surface area contributed by atoms with E-state index in [1.807, 2.05) is 11.3 Å². The summed E-state index contributed by atoms with van der Waals surface area (Å²) in [6.45, 7) is 4.26. The molecule has 2 rings (SSSR count). The van der Waals surface area contributed by atoms with Crippen molar-refractivity contribution in [1.82, 2.24) is 5.32 Å². The number of halogens is 1. The van der Waals surface area contributed by atoms with Crippen LogP contribution < -0.4 is 5.32 Å². The summed E-state index contributed by atoms with van der Waals surface area (Å²) in [6, 6.07) is 15.2. The summed E-state index contributed by atoms with van der Waals surface area (Å²) in [5.74, 6) is 0.599. The summed E-state index contributed by atoms with van der Waals surface area (Å²) in [5.41, 5.74) is 1.44. The molecule has 1 unspecified atom stereocenters. The van der Waals surface area contributed by atoms with E-state index >= 15 is 0 Å². The molecule has 0 amide bonds. The molecule has 1 heterocycles. The molecule has 0 saturated carbocycles. The molecule has 0 radical (unpaired) electrons. The first-order chi connectivity index (χ1) is 9.29. The maximum atomic E-state index is 3.53. The first-order valence-electron chi connectivity index (χ1n) is 6.79. The summed E-state index contributed by atoms with van der Waals surface area (Å²) in [6.07, 6.45) is 2.35. The van der Waals surface area contributed by atoms with Crippen LogP contribution in [0.4, 0.5) is 0 Å². The fraction of sp³-hybridized carbons (Fsp3) is 0.375. The molecule has 1 atom stereocenters. The lowest BCUT2D eigenvalue weighted by Gasteiger charge is -2.17. The van der Waals surface area contributed by atoms with E-state index in [0.29, 0.717) is 5.92 Å². The minimum Gasteiger partial charge on any atom is -0.316 e. The van der Waals surface area contributed by atoms with E-state index in [9.17, 15) is 0 Å². The predicted molar refractivity (Wildman–Crippen MR) is 88.1 cm³/mol. The summed E-state index contributed by atoms with van der Waals surface area (Å²) in [5, 5.41) is 3.48. The third kappa shape index (κ3) is 4.75. The Morgan fingerprint density at radius 2 is 1.95 bits per heavy atom. The standard InChI is InChI=1S/C16H20BrNS/c1-2-18-12-14(13-6-4-3-5-7-13)8-9-15-10-11-16(17)19-15/h3-7,10-11,14,18H,2,8-9,12H2,1H3. The molecule has 0 aliphatic rings. The molecule has 1 N–H and O–H groups in total. The van der Waals surface area contributed by atoms with Crippen LogP contribution in [0, 0.1) is 0 Å². The number of hydrogen-bond acceptors (Lipinski definition) is 2. The van der Waals surface area contributed by atoms with Crippen LogP contribution in [0.25, 0.3) is 0 Å². The maximum absolute atomic E-state index is 3.53. The van der Waals surface area contributed by atoms with Crippen molar-refractivity contribution in [3.63, 3.8) is 0 Å². The molecule has 19 heavy (non-hydrogen) atoms. The van der Waals surface area contributed by atoms with E-state index in [4.69, 9.17) is 0 Å². The van der Waals surface area contributed by atoms with Gasteiger partial charge in [-0.1, -0.05) is 37.3 Å². The Balaban J connectivity index is 1.97. The summed E-state index contributed by atoms with van der Waals surface area (Å²) in [4.78, 5) is 1.46. The average Bonchev–Trinajstić information content (AvgIpc) is 2.86. The number of nitrogens with one attached hydrogen (secondary N) is 1. The van der Waals surface area contributed by atoms with Gasteiger partial charge in [0.2, 0.25) is 0 Å². The van der Waals surface area contributed by atoms with Gasteiger partial charge in [0.25, 0.3) is 0 Å². The van der Waals surface area contributed by atoms with Gasteiger partial charge in [0.15, 0.2) is 0 Å². The molecule has 1 aromatic carbocycles. The highest BCUT2D eigenvalue weighted by Crippen LogP contribution is 2.26. The van der Waals surface area contributed by atoms with Crippen molar-refractivity contribution >= 4 is 27.3 Å². The zero-order valence-corrected chi connectivity index (χ0v) is 13.6. The van der Waals surface area contributed by atoms with Crippen LogP contribution in [0.15, 0.2) is 46.3 Å². The van der Waals surface area contributed by atoms with E-state index in [1.165, 1.54) is 20.6 Å². The molecule has 0 bridgehead atoms. The number of benzene rings is 1. The van der Waals surface area contributed by atoms with E-state index in [0.717, 1.165) is 19.5 Å². The van der Waals surface area contributed by atoms with Crippen molar-refractivity contribution in [1.29, 1.82) is 0 Å². The zero-order valence-electron chi connectivity index (χ0n) is 11.2. The first-order valence-corrected chi connectivity index (χ1v) is 8.40. The van der Waals surface area contributed by atoms with Gasteiger partial charge in [0.05, 0.1) is 3.79 Å². The van der Waals surface area contributed by atoms with Crippen LogP contribution >= 0.6 is 27.3 Å². The van der Waals surface area contributed by atoms with Gasteiger partial charge >= 0.3 is 0 Å². The van der Waals surface area contributed by atoms with Crippen LogP contribution in [-0.4, -0.2) is 13.1 Å². The highest BCUT2D eigenvalue weighted by atomic mass is 79.9. The van der Waals surface area contributed by atoms with E-state index in [-0.39, 0.29) is 0 Å². The second kappa shape index (κ2) is 7.83. The number of aryl methyl sites for hydroxylation is 1. The molecule has 0 fully saturated rings. The fourth-order valence-electron chi connectivity index (χ4n) is 2.23. The van der Waals surface area contributed by atoms with E-state index in [1.54, 1.807) is 0 Å². The largest absolute Gasteiger partial charge is 0.316 e. The minimum atomic E-state index is 0.599. The smallest absolute Gasteiger partial charge is 0.0701 e. The highest BCUT2D eigenvalue weighted by Gasteiger charge is 2.11. The molecule has 0 aliphatic heterocycles. The Kier molecular flexibility index (Phi) is 6.08. The number of rotatable bonds is 7. The Hall–Kier alpha value is -0.640. The number of likely N-dealkylation sites (N-methyl/N-ethyl adjacent to an activating group) is 1. The third-order valence-corrected chi connectivity index (χ3v) is 4.96. The molecular weight excluding hydrogens is 318 g/mol.